The lowest BCUT2D eigenvalue weighted by Crippen LogP contribution is -2.31. The van der Waals surface area contributed by atoms with E-state index in [0.29, 0.717) is 0 Å². The quantitative estimate of drug-likeness (QED) is 0.328. The Labute approximate surface area is 159 Å². The fraction of sp³-hybridized carbons (Fsp3) is 0.478. The summed E-state index contributed by atoms with van der Waals surface area (Å²) >= 11 is 0. The predicted molar refractivity (Wildman–Crippen MR) is 112 cm³/mol. The maximum atomic E-state index is 13.9. The third-order valence-corrected chi connectivity index (χ3v) is 7.83. The van der Waals surface area contributed by atoms with Crippen LogP contribution in [0.4, 0.5) is 4.39 Å². The van der Waals surface area contributed by atoms with Crippen LogP contribution in [0.3, 0.4) is 0 Å². The first-order valence-electron chi connectivity index (χ1n) is 9.92. The van der Waals surface area contributed by atoms with E-state index in [1.807, 2.05) is 17.6 Å². The van der Waals surface area contributed by atoms with Crippen molar-refractivity contribution in [3.8, 4) is 0 Å². The van der Waals surface area contributed by atoms with E-state index in [4.69, 9.17) is 0 Å². The Morgan fingerprint density at radius 3 is 2.54 bits per heavy atom. The second-order valence-electron chi connectivity index (χ2n) is 8.98. The summed E-state index contributed by atoms with van der Waals surface area (Å²) in [4.78, 5) is 0. The maximum Gasteiger partial charge on any atom is 0.147 e. The number of hydrogen-bond donors (Lipinski definition) is 0. The number of rotatable bonds is 4. The topological polar surface area (TPSA) is 3.01 Å². The smallest absolute Gasteiger partial charge is 0.147 e. The van der Waals surface area contributed by atoms with Crippen LogP contribution in [-0.4, -0.2) is 19.4 Å². The molecule has 3 heteroatoms. The molecule has 1 nitrogen and oxygen atoms in total. The second-order valence-corrected chi connectivity index (χ2v) is 14.0. The van der Waals surface area contributed by atoms with Crippen LogP contribution in [0.2, 0.25) is 19.6 Å². The van der Waals surface area contributed by atoms with Crippen LogP contribution >= 0.6 is 0 Å². The summed E-state index contributed by atoms with van der Waals surface area (Å²) in [6.45, 7) is 13.5. The average molecular weight is 370 g/mol. The normalized spacial score (nSPS) is 19.4. The highest BCUT2D eigenvalue weighted by atomic mass is 28.3. The molecule has 0 spiro atoms. The highest BCUT2D eigenvalue weighted by Gasteiger charge is 2.30. The Balaban J connectivity index is 1.98. The highest BCUT2D eigenvalue weighted by Crippen LogP contribution is 2.38. The molecule has 1 aromatic rings. The zero-order valence-corrected chi connectivity index (χ0v) is 17.7. The molecule has 1 saturated carbocycles. The van der Waals surface area contributed by atoms with Crippen LogP contribution in [0.25, 0.3) is 0 Å². The number of nitrogens with zero attached hydrogens (tertiary/aromatic N) is 1. The zero-order chi connectivity index (χ0) is 18.9. The third-order valence-electron chi connectivity index (χ3n) is 5.77. The van der Waals surface area contributed by atoms with Gasteiger partial charge < -0.3 is 0 Å². The van der Waals surface area contributed by atoms with E-state index in [1.165, 1.54) is 48.9 Å². The fourth-order valence-electron chi connectivity index (χ4n) is 4.28. The van der Waals surface area contributed by atoms with Gasteiger partial charge in [0.05, 0.1) is 20.6 Å². The van der Waals surface area contributed by atoms with Gasteiger partial charge in [0.2, 0.25) is 0 Å². The Morgan fingerprint density at radius 2 is 1.88 bits per heavy atom. The lowest BCUT2D eigenvalue weighted by atomic mass is 9.83. The summed E-state index contributed by atoms with van der Waals surface area (Å²) in [5.41, 5.74) is 3.51. The number of allylic oxidation sites excluding steroid dienone is 2. The van der Waals surface area contributed by atoms with E-state index >= 15 is 0 Å². The molecule has 2 aliphatic rings. The van der Waals surface area contributed by atoms with E-state index in [2.05, 4.69) is 38.6 Å². The summed E-state index contributed by atoms with van der Waals surface area (Å²) in [5, 5.41) is 1.50. The van der Waals surface area contributed by atoms with Gasteiger partial charge in [0.25, 0.3) is 0 Å². The van der Waals surface area contributed by atoms with Crippen molar-refractivity contribution in [2.75, 3.05) is 0 Å². The molecule has 26 heavy (non-hydrogen) atoms. The van der Waals surface area contributed by atoms with Crippen molar-refractivity contribution in [2.24, 2.45) is 5.92 Å². The van der Waals surface area contributed by atoms with Gasteiger partial charge in [0.1, 0.15) is 12.2 Å². The van der Waals surface area contributed by atoms with Gasteiger partial charge in [-0.15, -0.1) is 0 Å². The van der Waals surface area contributed by atoms with E-state index in [0.717, 1.165) is 29.5 Å². The van der Waals surface area contributed by atoms with Gasteiger partial charge in [0, 0.05) is 0 Å². The van der Waals surface area contributed by atoms with Gasteiger partial charge in [-0.1, -0.05) is 81.9 Å². The van der Waals surface area contributed by atoms with Crippen molar-refractivity contribution in [3.05, 3.63) is 64.2 Å². The van der Waals surface area contributed by atoms with Crippen LogP contribution in [-0.2, 0) is 0 Å². The van der Waals surface area contributed by atoms with Crippen LogP contribution < -0.4 is 0 Å². The first-order valence-corrected chi connectivity index (χ1v) is 13.4. The minimum atomic E-state index is -1.48. The molecule has 0 aromatic heterocycles. The van der Waals surface area contributed by atoms with Gasteiger partial charge in [-0.25, -0.2) is 4.39 Å². The number of aryl methyl sites for hydroxylation is 1. The Kier molecular flexibility index (Phi) is 5.57. The first kappa shape index (κ1) is 19.2. The van der Waals surface area contributed by atoms with Gasteiger partial charge in [0.15, 0.2) is 0 Å². The third kappa shape index (κ3) is 4.20. The van der Waals surface area contributed by atoms with E-state index < -0.39 is 8.07 Å². The number of halogens is 1. The van der Waals surface area contributed by atoms with Crippen molar-refractivity contribution in [1.82, 2.24) is 0 Å². The Hall–Kier alpha value is -1.61. The lowest BCUT2D eigenvalue weighted by molar-refractivity contribution is -0.418. The molecular weight excluding hydrogens is 337 g/mol. The summed E-state index contributed by atoms with van der Waals surface area (Å²) in [6.07, 6.45) is 12.5. The van der Waals surface area contributed by atoms with Crippen molar-refractivity contribution in [3.63, 3.8) is 0 Å². The Bertz CT molecular complexity index is 748. The summed E-state index contributed by atoms with van der Waals surface area (Å²) in [7, 11) is -1.48. The molecule has 140 valence electrons. The highest BCUT2D eigenvalue weighted by molar-refractivity contribution is 6.84. The SMILES string of the molecule is C=[N+]1C=C([Si](C)(C)C)C(CC2CCCCC2)=C[C-]1c1cc(F)ccc1C. The summed E-state index contributed by atoms with van der Waals surface area (Å²) in [6, 6.07) is 6.06. The summed E-state index contributed by atoms with van der Waals surface area (Å²) < 4.78 is 15.8. The molecule has 1 aromatic carbocycles. The molecule has 0 amide bonds. The van der Waals surface area contributed by atoms with Gasteiger partial charge >= 0.3 is 0 Å². The van der Waals surface area contributed by atoms with Crippen molar-refractivity contribution in [1.29, 1.82) is 0 Å². The largest absolute Gasteiger partial charge is 0.255 e. The summed E-state index contributed by atoms with van der Waals surface area (Å²) in [5.74, 6) is 0.606. The fourth-order valence-corrected chi connectivity index (χ4v) is 5.96. The Morgan fingerprint density at radius 1 is 1.19 bits per heavy atom. The standard InChI is InChI=1S/C23H32FNSi/c1-17-11-12-20(24)15-21(17)22-14-19(13-18-9-7-6-8-10-18)23(16-25(22)2)26(3,4)5/h11-12,14-16,18H,2,6-10,13H2,1,3-5H3. The van der Waals surface area contributed by atoms with Crippen molar-refractivity contribution >= 4 is 14.8 Å². The zero-order valence-electron chi connectivity index (χ0n) is 16.7. The van der Waals surface area contributed by atoms with Crippen LogP contribution in [0.1, 0.15) is 49.7 Å². The molecule has 1 aliphatic heterocycles. The molecule has 0 saturated heterocycles. The molecule has 0 unspecified atom stereocenters. The molecule has 0 radical (unpaired) electrons. The minimum absolute atomic E-state index is 0.186. The molecule has 1 aliphatic carbocycles. The van der Waals surface area contributed by atoms with Crippen molar-refractivity contribution in [2.45, 2.75) is 65.1 Å². The van der Waals surface area contributed by atoms with E-state index in [9.17, 15) is 4.39 Å². The molecular formula is C23H32FNSi. The molecule has 0 atom stereocenters. The monoisotopic (exact) mass is 369 g/mol. The van der Waals surface area contributed by atoms with Crippen LogP contribution in [0, 0.1) is 24.7 Å². The molecule has 0 bridgehead atoms. The predicted octanol–water partition coefficient (Wildman–Crippen LogP) is 6.40. The lowest BCUT2D eigenvalue weighted by Gasteiger charge is -2.34. The number of hydrogen-bond acceptors (Lipinski definition) is 0. The van der Waals surface area contributed by atoms with Crippen LogP contribution in [0.5, 0.6) is 0 Å². The van der Waals surface area contributed by atoms with Gasteiger partial charge in [-0.2, -0.15) is 0 Å². The van der Waals surface area contributed by atoms with E-state index in [1.54, 1.807) is 6.07 Å². The average Bonchev–Trinajstić information content (AvgIpc) is 2.58. The minimum Gasteiger partial charge on any atom is -0.255 e. The number of benzene rings is 1. The molecule has 3 rings (SSSR count). The van der Waals surface area contributed by atoms with Crippen LogP contribution in [0.15, 0.2) is 41.2 Å². The van der Waals surface area contributed by atoms with Gasteiger partial charge in [-0.05, 0) is 35.2 Å². The molecule has 0 N–H and O–H groups in total. The second kappa shape index (κ2) is 7.56. The van der Waals surface area contributed by atoms with Crippen molar-refractivity contribution < 1.29 is 8.97 Å². The molecule has 1 fully saturated rings. The first-order chi connectivity index (χ1) is 12.3. The molecule has 1 heterocycles. The van der Waals surface area contributed by atoms with Gasteiger partial charge in [-0.3, -0.25) is 4.58 Å². The van der Waals surface area contributed by atoms with E-state index in [-0.39, 0.29) is 5.82 Å². The maximum absolute atomic E-state index is 13.9.